The summed E-state index contributed by atoms with van der Waals surface area (Å²) < 4.78 is 11.1. The summed E-state index contributed by atoms with van der Waals surface area (Å²) in [5.74, 6) is 0.832. The van der Waals surface area contributed by atoms with Crippen LogP contribution in [0.25, 0.3) is 21.9 Å². The molecule has 0 aliphatic carbocycles. The Balaban J connectivity index is 2.07. The minimum absolute atomic E-state index is 0.0143. The number of phenolic OH excluding ortho intramolecular Hbond substituents is 1. The lowest BCUT2D eigenvalue weighted by Gasteiger charge is -2.39. The molecule has 3 aromatic carbocycles. The molecule has 1 N–H and O–H groups in total. The standard InChI is InChI=1S/C26H27NO5/c1-14-11-23(31-5)26-19(7-6-8-21(26)30)24(14)18-9-10-22(32-17(4)29)25-16(3)27(13-28)15(2)12-20(18)25/h6-11,13,15-16,30H,12H2,1-5H3. The molecule has 0 spiro atoms. The molecule has 1 amide bonds. The van der Waals surface area contributed by atoms with Crippen molar-refractivity contribution in [3.63, 3.8) is 0 Å². The molecular formula is C26H27NO5. The van der Waals surface area contributed by atoms with Gasteiger partial charge in [-0.1, -0.05) is 18.2 Å². The molecule has 0 saturated carbocycles. The fraction of sp³-hybridized carbons (Fsp3) is 0.308. The van der Waals surface area contributed by atoms with Gasteiger partial charge in [0.15, 0.2) is 0 Å². The number of methoxy groups -OCH3 is 1. The van der Waals surface area contributed by atoms with Crippen LogP contribution in [0.1, 0.15) is 43.5 Å². The second kappa shape index (κ2) is 8.19. The van der Waals surface area contributed by atoms with Crippen LogP contribution in [-0.2, 0) is 16.0 Å². The van der Waals surface area contributed by atoms with E-state index in [4.69, 9.17) is 9.47 Å². The molecule has 166 valence electrons. The molecule has 4 rings (SSSR count). The summed E-state index contributed by atoms with van der Waals surface area (Å²) in [5.41, 5.74) is 4.86. The molecular weight excluding hydrogens is 406 g/mol. The second-order valence-corrected chi connectivity index (χ2v) is 8.35. The van der Waals surface area contributed by atoms with Crippen molar-refractivity contribution in [2.75, 3.05) is 7.11 Å². The molecule has 1 aliphatic heterocycles. The number of carbonyl (C=O) groups is 2. The lowest BCUT2D eigenvalue weighted by Crippen LogP contribution is -2.40. The fourth-order valence-corrected chi connectivity index (χ4v) is 5.01. The Morgan fingerprint density at radius 1 is 1.19 bits per heavy atom. The number of phenols is 1. The number of hydrogen-bond donors (Lipinski definition) is 1. The first-order chi connectivity index (χ1) is 15.3. The van der Waals surface area contributed by atoms with Crippen molar-refractivity contribution in [1.29, 1.82) is 0 Å². The zero-order valence-corrected chi connectivity index (χ0v) is 18.9. The number of aryl methyl sites for hydroxylation is 1. The van der Waals surface area contributed by atoms with Crippen LogP contribution in [0.3, 0.4) is 0 Å². The number of nitrogens with zero attached hydrogens (tertiary/aromatic N) is 1. The highest BCUT2D eigenvalue weighted by atomic mass is 16.5. The van der Waals surface area contributed by atoms with Crippen molar-refractivity contribution in [3.8, 4) is 28.4 Å². The molecule has 0 bridgehead atoms. The molecule has 2 unspecified atom stereocenters. The summed E-state index contributed by atoms with van der Waals surface area (Å²) in [4.78, 5) is 25.3. The van der Waals surface area contributed by atoms with E-state index in [0.29, 0.717) is 23.3 Å². The van der Waals surface area contributed by atoms with Gasteiger partial charge < -0.3 is 19.5 Å². The Morgan fingerprint density at radius 3 is 2.59 bits per heavy atom. The van der Waals surface area contributed by atoms with Gasteiger partial charge in [-0.15, -0.1) is 0 Å². The van der Waals surface area contributed by atoms with Gasteiger partial charge in [0.25, 0.3) is 0 Å². The van der Waals surface area contributed by atoms with Gasteiger partial charge in [-0.2, -0.15) is 0 Å². The third kappa shape index (κ3) is 3.36. The van der Waals surface area contributed by atoms with Gasteiger partial charge in [0.2, 0.25) is 6.41 Å². The largest absolute Gasteiger partial charge is 0.507 e. The minimum Gasteiger partial charge on any atom is -0.507 e. The molecule has 0 saturated heterocycles. The molecule has 32 heavy (non-hydrogen) atoms. The number of ether oxygens (including phenoxy) is 2. The van der Waals surface area contributed by atoms with Crippen LogP contribution in [0.4, 0.5) is 0 Å². The number of fused-ring (bicyclic) bond motifs is 2. The number of amides is 1. The van der Waals surface area contributed by atoms with E-state index in [1.165, 1.54) is 6.92 Å². The molecule has 6 nitrogen and oxygen atoms in total. The van der Waals surface area contributed by atoms with Crippen molar-refractivity contribution >= 4 is 23.2 Å². The lowest BCUT2D eigenvalue weighted by molar-refractivity contribution is -0.131. The maximum absolute atomic E-state index is 11.8. The maximum Gasteiger partial charge on any atom is 0.308 e. The molecule has 1 aliphatic rings. The predicted octanol–water partition coefficient (Wildman–Crippen LogP) is 4.92. The fourth-order valence-electron chi connectivity index (χ4n) is 5.01. The van der Waals surface area contributed by atoms with E-state index in [0.717, 1.165) is 39.6 Å². The van der Waals surface area contributed by atoms with Crippen molar-refractivity contribution in [1.82, 2.24) is 4.90 Å². The van der Waals surface area contributed by atoms with Crippen LogP contribution in [0.15, 0.2) is 36.4 Å². The first-order valence-corrected chi connectivity index (χ1v) is 10.6. The Hall–Kier alpha value is -3.54. The summed E-state index contributed by atoms with van der Waals surface area (Å²) in [7, 11) is 1.59. The van der Waals surface area contributed by atoms with Crippen LogP contribution in [-0.4, -0.2) is 35.5 Å². The van der Waals surface area contributed by atoms with Crippen LogP contribution < -0.4 is 9.47 Å². The third-order valence-electron chi connectivity index (χ3n) is 6.36. The first-order valence-electron chi connectivity index (χ1n) is 10.6. The molecule has 6 heteroatoms. The number of aromatic hydroxyl groups is 1. The van der Waals surface area contributed by atoms with Crippen LogP contribution in [0.5, 0.6) is 17.2 Å². The molecule has 0 aromatic heterocycles. The molecule has 0 radical (unpaired) electrons. The van der Waals surface area contributed by atoms with Gasteiger partial charge in [0.05, 0.1) is 18.5 Å². The van der Waals surface area contributed by atoms with E-state index in [9.17, 15) is 14.7 Å². The summed E-state index contributed by atoms with van der Waals surface area (Å²) >= 11 is 0. The quantitative estimate of drug-likeness (QED) is 0.359. The van der Waals surface area contributed by atoms with Crippen molar-refractivity contribution in [2.24, 2.45) is 0 Å². The molecule has 0 fully saturated rings. The topological polar surface area (TPSA) is 76.1 Å². The summed E-state index contributed by atoms with van der Waals surface area (Å²) in [5, 5.41) is 12.1. The summed E-state index contributed by atoms with van der Waals surface area (Å²) in [6, 6.07) is 10.9. The number of benzene rings is 3. The molecule has 1 heterocycles. The average Bonchev–Trinajstić information content (AvgIpc) is 2.73. The molecule has 2 atom stereocenters. The Morgan fingerprint density at radius 2 is 1.94 bits per heavy atom. The van der Waals surface area contributed by atoms with Gasteiger partial charge in [-0.3, -0.25) is 9.59 Å². The van der Waals surface area contributed by atoms with Crippen LogP contribution in [0.2, 0.25) is 0 Å². The van der Waals surface area contributed by atoms with Gasteiger partial charge >= 0.3 is 5.97 Å². The van der Waals surface area contributed by atoms with E-state index in [1.54, 1.807) is 24.1 Å². The van der Waals surface area contributed by atoms with E-state index in [2.05, 4.69) is 0 Å². The van der Waals surface area contributed by atoms with Crippen molar-refractivity contribution in [3.05, 3.63) is 53.1 Å². The number of hydrogen-bond acceptors (Lipinski definition) is 5. The SMILES string of the molecule is COc1cc(C)c(-c2ccc(OC(C)=O)c3c2CC(C)N(C=O)C3C)c2cccc(O)c12. The predicted molar refractivity (Wildman–Crippen MR) is 123 cm³/mol. The summed E-state index contributed by atoms with van der Waals surface area (Å²) in [6.45, 7) is 7.35. The Labute approximate surface area is 187 Å². The van der Waals surface area contributed by atoms with Gasteiger partial charge in [-0.25, -0.2) is 0 Å². The number of esters is 1. The molecule has 3 aromatic rings. The normalized spacial score (nSPS) is 17.7. The zero-order chi connectivity index (χ0) is 23.2. The zero-order valence-electron chi connectivity index (χ0n) is 18.9. The third-order valence-corrected chi connectivity index (χ3v) is 6.36. The number of carbonyl (C=O) groups excluding carboxylic acids is 2. The van der Waals surface area contributed by atoms with Crippen molar-refractivity contribution < 1.29 is 24.2 Å². The van der Waals surface area contributed by atoms with E-state index in [1.807, 2.05) is 45.0 Å². The van der Waals surface area contributed by atoms with E-state index < -0.39 is 5.97 Å². The summed E-state index contributed by atoms with van der Waals surface area (Å²) in [6.07, 6.45) is 1.48. The highest BCUT2D eigenvalue weighted by molar-refractivity contribution is 6.05. The first kappa shape index (κ1) is 21.7. The Kier molecular flexibility index (Phi) is 5.55. The van der Waals surface area contributed by atoms with E-state index in [-0.39, 0.29) is 17.8 Å². The second-order valence-electron chi connectivity index (χ2n) is 8.35. The Bertz CT molecular complexity index is 1230. The highest BCUT2D eigenvalue weighted by Gasteiger charge is 2.33. The van der Waals surface area contributed by atoms with E-state index >= 15 is 0 Å². The monoisotopic (exact) mass is 433 g/mol. The lowest BCUT2D eigenvalue weighted by atomic mass is 9.81. The minimum atomic E-state index is -0.403. The average molecular weight is 434 g/mol. The smallest absolute Gasteiger partial charge is 0.308 e. The van der Waals surface area contributed by atoms with Gasteiger partial charge in [0, 0.05) is 18.5 Å². The van der Waals surface area contributed by atoms with Crippen molar-refractivity contribution in [2.45, 2.75) is 46.2 Å². The van der Waals surface area contributed by atoms with Gasteiger partial charge in [-0.05, 0) is 73.0 Å². The highest BCUT2D eigenvalue weighted by Crippen LogP contribution is 2.47. The number of rotatable bonds is 4. The van der Waals surface area contributed by atoms with Crippen LogP contribution >= 0.6 is 0 Å². The maximum atomic E-state index is 11.8. The van der Waals surface area contributed by atoms with Crippen LogP contribution in [0, 0.1) is 6.92 Å². The van der Waals surface area contributed by atoms with Gasteiger partial charge in [0.1, 0.15) is 17.2 Å².